The number of pyridine rings is 1. The first kappa shape index (κ1) is 15.1. The van der Waals surface area contributed by atoms with Gasteiger partial charge in [0.05, 0.1) is 6.42 Å². The molecule has 23 heavy (non-hydrogen) atoms. The number of hydrogen-bond acceptors (Lipinski definition) is 3. The van der Waals surface area contributed by atoms with Crippen LogP contribution in [0.2, 0.25) is 0 Å². The Morgan fingerprint density at radius 2 is 2.04 bits per heavy atom. The van der Waals surface area contributed by atoms with Crippen molar-refractivity contribution in [3.8, 4) is 0 Å². The van der Waals surface area contributed by atoms with Crippen LogP contribution in [0.3, 0.4) is 0 Å². The van der Waals surface area contributed by atoms with Crippen LogP contribution in [0, 0.1) is 11.7 Å². The van der Waals surface area contributed by atoms with Crippen molar-refractivity contribution < 1.29 is 14.0 Å². The molecule has 0 spiro atoms. The molecule has 0 radical (unpaired) electrons. The Morgan fingerprint density at radius 3 is 2.78 bits per heavy atom. The highest BCUT2D eigenvalue weighted by Crippen LogP contribution is 2.47. The molecule has 1 fully saturated rings. The molecule has 0 aliphatic heterocycles. The van der Waals surface area contributed by atoms with Gasteiger partial charge in [-0.2, -0.15) is 0 Å². The van der Waals surface area contributed by atoms with Crippen LogP contribution in [-0.4, -0.2) is 16.8 Å². The number of halogens is 1. The van der Waals surface area contributed by atoms with E-state index >= 15 is 0 Å². The summed E-state index contributed by atoms with van der Waals surface area (Å²) in [7, 11) is 0. The van der Waals surface area contributed by atoms with Crippen LogP contribution in [0.15, 0.2) is 48.7 Å². The number of benzene rings is 1. The molecule has 1 saturated carbocycles. The Morgan fingerprint density at radius 1 is 1.17 bits per heavy atom. The van der Waals surface area contributed by atoms with Gasteiger partial charge in [0.15, 0.2) is 0 Å². The van der Waals surface area contributed by atoms with E-state index in [1.165, 1.54) is 12.1 Å². The zero-order valence-electron chi connectivity index (χ0n) is 12.3. The zero-order valence-corrected chi connectivity index (χ0v) is 12.3. The van der Waals surface area contributed by atoms with E-state index in [1.54, 1.807) is 36.5 Å². The second kappa shape index (κ2) is 6.56. The molecule has 1 aliphatic rings. The number of hydrogen-bond donors (Lipinski definition) is 2. The molecule has 3 rings (SSSR count). The summed E-state index contributed by atoms with van der Waals surface area (Å²) in [5.74, 6) is -1.11. The zero-order chi connectivity index (χ0) is 16.2. The molecule has 1 aromatic heterocycles. The lowest BCUT2D eigenvalue weighted by Crippen LogP contribution is -2.43. The van der Waals surface area contributed by atoms with Crippen LogP contribution in [0.5, 0.6) is 0 Å². The summed E-state index contributed by atoms with van der Waals surface area (Å²) < 4.78 is 13.2. The van der Waals surface area contributed by atoms with Gasteiger partial charge in [-0.25, -0.2) is 4.39 Å². The van der Waals surface area contributed by atoms with E-state index in [9.17, 15) is 14.0 Å². The van der Waals surface area contributed by atoms with Gasteiger partial charge in [-0.1, -0.05) is 18.2 Å². The summed E-state index contributed by atoms with van der Waals surface area (Å²) in [6.07, 6.45) is 2.36. The van der Waals surface area contributed by atoms with Crippen LogP contribution in [0.4, 0.5) is 4.39 Å². The second-order valence-corrected chi connectivity index (χ2v) is 5.54. The number of hydrazine groups is 1. The molecule has 1 aromatic carbocycles. The number of rotatable bonds is 4. The predicted molar refractivity (Wildman–Crippen MR) is 81.5 cm³/mol. The van der Waals surface area contributed by atoms with Gasteiger partial charge in [-0.15, -0.1) is 0 Å². The molecule has 0 saturated heterocycles. The SMILES string of the molecule is O=C(Cc1ccccn1)NNC(=O)C1CC1c1cccc(F)c1. The van der Waals surface area contributed by atoms with Gasteiger partial charge in [0, 0.05) is 17.8 Å². The number of carbonyl (C=O) groups is 2. The summed E-state index contributed by atoms with van der Waals surface area (Å²) in [5.41, 5.74) is 6.24. The van der Waals surface area contributed by atoms with E-state index in [0.29, 0.717) is 12.1 Å². The average Bonchev–Trinajstić information content (AvgIpc) is 3.34. The number of nitrogens with zero attached hydrogens (tertiary/aromatic N) is 1. The summed E-state index contributed by atoms with van der Waals surface area (Å²) in [5, 5.41) is 0. The van der Waals surface area contributed by atoms with Crippen molar-refractivity contribution in [2.24, 2.45) is 5.92 Å². The third kappa shape index (κ3) is 3.91. The van der Waals surface area contributed by atoms with Gasteiger partial charge in [0.1, 0.15) is 5.82 Å². The van der Waals surface area contributed by atoms with Crippen LogP contribution in [0.25, 0.3) is 0 Å². The highest BCUT2D eigenvalue weighted by atomic mass is 19.1. The third-order valence-corrected chi connectivity index (χ3v) is 3.80. The highest BCUT2D eigenvalue weighted by molar-refractivity contribution is 5.86. The quantitative estimate of drug-likeness (QED) is 0.844. The number of carbonyl (C=O) groups excluding carboxylic acids is 2. The van der Waals surface area contributed by atoms with Crippen molar-refractivity contribution in [3.63, 3.8) is 0 Å². The Bertz CT molecular complexity index is 721. The van der Waals surface area contributed by atoms with E-state index in [0.717, 1.165) is 5.56 Å². The molecular formula is C17H16FN3O2. The lowest BCUT2D eigenvalue weighted by molar-refractivity contribution is -0.129. The third-order valence-electron chi connectivity index (χ3n) is 3.80. The lowest BCUT2D eigenvalue weighted by atomic mass is 10.1. The first-order valence-electron chi connectivity index (χ1n) is 7.37. The molecule has 0 bridgehead atoms. The smallest absolute Gasteiger partial charge is 0.244 e. The number of nitrogens with one attached hydrogen (secondary N) is 2. The van der Waals surface area contributed by atoms with Gasteiger partial charge in [0.2, 0.25) is 11.8 Å². The predicted octanol–water partition coefficient (Wildman–Crippen LogP) is 1.71. The van der Waals surface area contributed by atoms with E-state index in [2.05, 4.69) is 15.8 Å². The fourth-order valence-electron chi connectivity index (χ4n) is 2.53. The van der Waals surface area contributed by atoms with Crippen LogP contribution < -0.4 is 10.9 Å². The molecule has 2 amide bonds. The van der Waals surface area contributed by atoms with Crippen molar-refractivity contribution in [2.45, 2.75) is 18.8 Å². The molecule has 118 valence electrons. The normalized spacial score (nSPS) is 19.0. The van der Waals surface area contributed by atoms with Crippen LogP contribution in [-0.2, 0) is 16.0 Å². The molecule has 1 aliphatic carbocycles. The minimum atomic E-state index is -0.333. The number of aromatic nitrogens is 1. The van der Waals surface area contributed by atoms with Gasteiger partial charge < -0.3 is 0 Å². The first-order valence-corrected chi connectivity index (χ1v) is 7.37. The fraction of sp³-hybridized carbons (Fsp3) is 0.235. The summed E-state index contributed by atoms with van der Waals surface area (Å²) >= 11 is 0. The largest absolute Gasteiger partial charge is 0.273 e. The minimum Gasteiger partial charge on any atom is -0.273 e. The molecule has 2 unspecified atom stereocenters. The number of amides is 2. The van der Waals surface area contributed by atoms with Gasteiger partial charge in [-0.05, 0) is 42.2 Å². The summed E-state index contributed by atoms with van der Waals surface area (Å²) in [6, 6.07) is 11.6. The minimum absolute atomic E-state index is 0.0124. The molecule has 2 atom stereocenters. The van der Waals surface area contributed by atoms with Crippen molar-refractivity contribution >= 4 is 11.8 Å². The molecule has 2 aromatic rings. The topological polar surface area (TPSA) is 71.1 Å². The maximum absolute atomic E-state index is 13.2. The standard InChI is InChI=1S/C17H16FN3O2/c18-12-5-3-4-11(8-12)14-10-15(14)17(23)21-20-16(22)9-13-6-1-2-7-19-13/h1-8,14-15H,9-10H2,(H,20,22)(H,21,23). The average molecular weight is 313 g/mol. The summed E-state index contributed by atoms with van der Waals surface area (Å²) in [4.78, 5) is 27.8. The van der Waals surface area contributed by atoms with Crippen molar-refractivity contribution in [2.75, 3.05) is 0 Å². The van der Waals surface area contributed by atoms with Crippen molar-refractivity contribution in [1.29, 1.82) is 0 Å². The first-order chi connectivity index (χ1) is 11.1. The Hall–Kier alpha value is -2.76. The maximum Gasteiger partial charge on any atom is 0.244 e. The second-order valence-electron chi connectivity index (χ2n) is 5.54. The molecule has 6 heteroatoms. The highest BCUT2D eigenvalue weighted by Gasteiger charge is 2.44. The van der Waals surface area contributed by atoms with E-state index in [1.807, 2.05) is 0 Å². The van der Waals surface area contributed by atoms with E-state index < -0.39 is 0 Å². The van der Waals surface area contributed by atoms with Crippen LogP contribution in [0.1, 0.15) is 23.6 Å². The van der Waals surface area contributed by atoms with Gasteiger partial charge in [0.25, 0.3) is 0 Å². The Balaban J connectivity index is 1.46. The monoisotopic (exact) mass is 313 g/mol. The molecule has 1 heterocycles. The van der Waals surface area contributed by atoms with Crippen LogP contribution >= 0.6 is 0 Å². The fourth-order valence-corrected chi connectivity index (χ4v) is 2.53. The van der Waals surface area contributed by atoms with Crippen molar-refractivity contribution in [1.82, 2.24) is 15.8 Å². The summed E-state index contributed by atoms with van der Waals surface area (Å²) in [6.45, 7) is 0. The Kier molecular flexibility index (Phi) is 4.32. The molecule has 5 nitrogen and oxygen atoms in total. The molecule has 2 N–H and O–H groups in total. The van der Waals surface area contributed by atoms with E-state index in [-0.39, 0.29) is 35.9 Å². The Labute approximate surface area is 132 Å². The van der Waals surface area contributed by atoms with Gasteiger partial charge in [-0.3, -0.25) is 25.4 Å². The van der Waals surface area contributed by atoms with E-state index in [4.69, 9.17) is 0 Å². The lowest BCUT2D eigenvalue weighted by Gasteiger charge is -2.07. The van der Waals surface area contributed by atoms with Gasteiger partial charge >= 0.3 is 0 Å². The molecular weight excluding hydrogens is 297 g/mol. The van der Waals surface area contributed by atoms with Crippen molar-refractivity contribution in [3.05, 3.63) is 65.7 Å². The maximum atomic E-state index is 13.2.